The van der Waals surface area contributed by atoms with Crippen molar-refractivity contribution in [1.82, 2.24) is 9.36 Å². The second kappa shape index (κ2) is 6.44. The molecule has 2 aromatic carbocycles. The van der Waals surface area contributed by atoms with E-state index in [1.807, 2.05) is 60.4 Å². The molecule has 7 nitrogen and oxygen atoms in total. The summed E-state index contributed by atoms with van der Waals surface area (Å²) in [5, 5.41) is 8.46. The quantitative estimate of drug-likeness (QED) is 0.683. The van der Waals surface area contributed by atoms with E-state index in [-0.39, 0.29) is 11.1 Å². The van der Waals surface area contributed by atoms with E-state index in [1.54, 1.807) is 0 Å². The first-order chi connectivity index (χ1) is 12.6. The Labute approximate surface area is 149 Å². The average molecular weight is 347 g/mol. The molecule has 0 spiro atoms. The minimum absolute atomic E-state index is 0.185. The monoisotopic (exact) mass is 347 g/mol. The van der Waals surface area contributed by atoms with Gasteiger partial charge in [0.05, 0.1) is 11.4 Å². The van der Waals surface area contributed by atoms with E-state index in [9.17, 15) is 9.59 Å². The van der Waals surface area contributed by atoms with Gasteiger partial charge < -0.3 is 4.90 Å². The van der Waals surface area contributed by atoms with Crippen molar-refractivity contribution in [2.24, 2.45) is 10.2 Å². The second-order valence-corrected chi connectivity index (χ2v) is 6.18. The van der Waals surface area contributed by atoms with Gasteiger partial charge >= 0.3 is 0 Å². The molecule has 1 aromatic heterocycles. The molecule has 7 heteroatoms. The first kappa shape index (κ1) is 16.0. The van der Waals surface area contributed by atoms with Crippen LogP contribution in [0.25, 0.3) is 0 Å². The Morgan fingerprint density at radius 1 is 0.692 bits per heavy atom. The van der Waals surface area contributed by atoms with Crippen LogP contribution in [0.4, 0.5) is 17.1 Å². The third-order valence-electron chi connectivity index (χ3n) is 4.31. The summed E-state index contributed by atoms with van der Waals surface area (Å²) in [7, 11) is 0. The largest absolute Gasteiger partial charge is 0.332 e. The molecule has 0 saturated carbocycles. The lowest BCUT2D eigenvalue weighted by Crippen LogP contribution is -2.32. The summed E-state index contributed by atoms with van der Waals surface area (Å²) in [5.74, 6) is 0. The maximum Gasteiger partial charge on any atom is 0.267 e. The maximum absolute atomic E-state index is 11.9. The molecule has 0 bridgehead atoms. The fraction of sp³-hybridized carbons (Fsp3) is 0.158. The summed E-state index contributed by atoms with van der Waals surface area (Å²) < 4.78 is 2.88. The number of azo groups is 1. The van der Waals surface area contributed by atoms with Crippen molar-refractivity contribution in [1.29, 1.82) is 0 Å². The van der Waals surface area contributed by atoms with Crippen molar-refractivity contribution in [2.45, 2.75) is 20.3 Å². The van der Waals surface area contributed by atoms with Crippen molar-refractivity contribution >= 4 is 17.1 Å². The molecule has 26 heavy (non-hydrogen) atoms. The van der Waals surface area contributed by atoms with Gasteiger partial charge in [0.15, 0.2) is 0 Å². The number of hydrogen-bond donors (Lipinski definition) is 0. The molecule has 0 atom stereocenters. The molecule has 1 aliphatic rings. The fourth-order valence-corrected chi connectivity index (χ4v) is 2.83. The van der Waals surface area contributed by atoms with Crippen LogP contribution >= 0.6 is 0 Å². The Kier molecular flexibility index (Phi) is 3.96. The molecule has 130 valence electrons. The van der Waals surface area contributed by atoms with Gasteiger partial charge in [-0.2, -0.15) is 10.2 Å². The Hall–Kier alpha value is -3.48. The topological polar surface area (TPSA) is 72.0 Å². The Balaban J connectivity index is 1.51. The number of benzene rings is 2. The molecule has 0 N–H and O–H groups in total. The van der Waals surface area contributed by atoms with Crippen LogP contribution in [-0.2, 0) is 13.3 Å². The Bertz CT molecular complexity index is 1040. The standard InChI is InChI=1S/C19H17N5O2/c1-14-2-4-15(5-3-14)20-21-16-6-8-17(9-7-16)22-12-23-18(25)10-11-19(26)24(23)13-22/h2-11H,12-13H2,1H3. The number of aromatic nitrogens is 2. The lowest BCUT2D eigenvalue weighted by atomic mass is 10.2. The third-order valence-corrected chi connectivity index (χ3v) is 4.31. The molecule has 0 radical (unpaired) electrons. The summed E-state index contributed by atoms with van der Waals surface area (Å²) in [6.45, 7) is 2.72. The predicted octanol–water partition coefficient (Wildman–Crippen LogP) is 3.17. The lowest BCUT2D eigenvalue weighted by molar-refractivity contribution is 0.548. The van der Waals surface area contributed by atoms with Crippen LogP contribution in [0, 0.1) is 6.92 Å². The SMILES string of the molecule is Cc1ccc(N=Nc2ccc(N3Cn4c(=O)ccc(=O)n4C3)cc2)cc1. The summed E-state index contributed by atoms with van der Waals surface area (Å²) in [6, 6.07) is 18.0. The van der Waals surface area contributed by atoms with Crippen LogP contribution < -0.4 is 16.0 Å². The van der Waals surface area contributed by atoms with Crippen molar-refractivity contribution < 1.29 is 0 Å². The average Bonchev–Trinajstić information content (AvgIpc) is 3.12. The molecule has 4 rings (SSSR count). The second-order valence-electron chi connectivity index (χ2n) is 6.18. The first-order valence-corrected chi connectivity index (χ1v) is 8.24. The maximum atomic E-state index is 11.9. The number of fused-ring (bicyclic) bond motifs is 1. The molecule has 2 heterocycles. The molecule has 3 aromatic rings. The molecule has 0 unspecified atom stereocenters. The molecule has 0 amide bonds. The van der Waals surface area contributed by atoms with E-state index in [2.05, 4.69) is 10.2 Å². The van der Waals surface area contributed by atoms with Gasteiger partial charge in [-0.05, 0) is 43.3 Å². The van der Waals surface area contributed by atoms with Crippen molar-refractivity contribution in [3.8, 4) is 0 Å². The van der Waals surface area contributed by atoms with Gasteiger partial charge in [-0.3, -0.25) is 9.59 Å². The van der Waals surface area contributed by atoms with Crippen molar-refractivity contribution in [3.63, 3.8) is 0 Å². The van der Waals surface area contributed by atoms with Crippen molar-refractivity contribution in [3.05, 3.63) is 86.9 Å². The Morgan fingerprint density at radius 2 is 1.15 bits per heavy atom. The number of nitrogens with zero attached hydrogens (tertiary/aromatic N) is 5. The Morgan fingerprint density at radius 3 is 1.65 bits per heavy atom. The molecular formula is C19H17N5O2. The molecule has 0 aliphatic carbocycles. The van der Waals surface area contributed by atoms with E-state index < -0.39 is 0 Å². The van der Waals surface area contributed by atoms with Gasteiger partial charge in [-0.15, -0.1) is 0 Å². The van der Waals surface area contributed by atoms with E-state index in [4.69, 9.17) is 0 Å². The predicted molar refractivity (Wildman–Crippen MR) is 99.2 cm³/mol. The van der Waals surface area contributed by atoms with E-state index >= 15 is 0 Å². The van der Waals surface area contributed by atoms with Gasteiger partial charge in [0.2, 0.25) is 0 Å². The van der Waals surface area contributed by atoms with Gasteiger partial charge in [0, 0.05) is 17.8 Å². The first-order valence-electron chi connectivity index (χ1n) is 8.24. The lowest BCUT2D eigenvalue weighted by Gasteiger charge is -2.15. The third kappa shape index (κ3) is 3.06. The fourth-order valence-electron chi connectivity index (χ4n) is 2.83. The highest BCUT2D eigenvalue weighted by Gasteiger charge is 2.20. The van der Waals surface area contributed by atoms with Crippen LogP contribution in [-0.4, -0.2) is 9.36 Å². The summed E-state index contributed by atoms with van der Waals surface area (Å²) in [5.41, 5.74) is 3.26. The number of anilines is 1. The number of hydrogen-bond acceptors (Lipinski definition) is 5. The molecule has 1 aliphatic heterocycles. The number of rotatable bonds is 3. The summed E-state index contributed by atoms with van der Waals surface area (Å²) in [4.78, 5) is 25.7. The van der Waals surface area contributed by atoms with Crippen molar-refractivity contribution in [2.75, 3.05) is 4.90 Å². The van der Waals surface area contributed by atoms with Crippen LogP contribution in [0.15, 0.2) is 80.5 Å². The van der Waals surface area contributed by atoms with E-state index in [0.29, 0.717) is 13.3 Å². The van der Waals surface area contributed by atoms with Crippen LogP contribution in [0.5, 0.6) is 0 Å². The highest BCUT2D eigenvalue weighted by Crippen LogP contribution is 2.24. The minimum atomic E-state index is -0.185. The zero-order chi connectivity index (χ0) is 18.1. The zero-order valence-corrected chi connectivity index (χ0v) is 14.2. The smallest absolute Gasteiger partial charge is 0.267 e. The molecular weight excluding hydrogens is 330 g/mol. The minimum Gasteiger partial charge on any atom is -0.332 e. The normalized spacial score (nSPS) is 13.3. The summed E-state index contributed by atoms with van der Waals surface area (Å²) >= 11 is 0. The van der Waals surface area contributed by atoms with Crippen LogP contribution in [0.1, 0.15) is 5.56 Å². The van der Waals surface area contributed by atoms with Gasteiger partial charge in [0.25, 0.3) is 11.1 Å². The highest BCUT2D eigenvalue weighted by molar-refractivity contribution is 5.52. The summed E-state index contributed by atoms with van der Waals surface area (Å²) in [6.07, 6.45) is 0. The van der Waals surface area contributed by atoms with Crippen LogP contribution in [0.2, 0.25) is 0 Å². The number of aryl methyl sites for hydroxylation is 1. The van der Waals surface area contributed by atoms with Gasteiger partial charge in [-0.1, -0.05) is 17.7 Å². The van der Waals surface area contributed by atoms with Gasteiger partial charge in [0.1, 0.15) is 13.3 Å². The molecule has 0 fully saturated rings. The van der Waals surface area contributed by atoms with Crippen LogP contribution in [0.3, 0.4) is 0 Å². The van der Waals surface area contributed by atoms with E-state index in [1.165, 1.54) is 27.1 Å². The van der Waals surface area contributed by atoms with E-state index in [0.717, 1.165) is 17.1 Å². The van der Waals surface area contributed by atoms with Gasteiger partial charge in [-0.25, -0.2) is 9.36 Å². The zero-order valence-electron chi connectivity index (χ0n) is 14.2. The molecule has 0 saturated heterocycles. The highest BCUT2D eigenvalue weighted by atomic mass is 16.2.